The number of oxazole rings is 1. The molecule has 2 N–H and O–H groups in total. The van der Waals surface area contributed by atoms with E-state index in [1.165, 1.54) is 4.57 Å². The van der Waals surface area contributed by atoms with Crippen LogP contribution in [-0.2, 0) is 19.1 Å². The molecule has 2 aromatic heterocycles. The summed E-state index contributed by atoms with van der Waals surface area (Å²) in [5, 5.41) is 5.18. The van der Waals surface area contributed by atoms with Crippen molar-refractivity contribution in [3.63, 3.8) is 0 Å². The Kier molecular flexibility index (Phi) is 4.44. The lowest BCUT2D eigenvalue weighted by atomic mass is 9.99. The molecule has 0 fully saturated rings. The van der Waals surface area contributed by atoms with Crippen LogP contribution in [0.3, 0.4) is 0 Å². The summed E-state index contributed by atoms with van der Waals surface area (Å²) >= 11 is 0. The number of carbonyl (C=O) groups excluding carboxylic acids is 1. The molecule has 0 spiro atoms. The quantitative estimate of drug-likeness (QED) is 0.885. The third kappa shape index (κ3) is 3.94. The van der Waals surface area contributed by atoms with E-state index >= 15 is 0 Å². The second-order valence-corrected chi connectivity index (χ2v) is 6.09. The van der Waals surface area contributed by atoms with Gasteiger partial charge in [-0.3, -0.25) is 5.32 Å². The summed E-state index contributed by atoms with van der Waals surface area (Å²) < 4.78 is 44.9. The van der Waals surface area contributed by atoms with Gasteiger partial charge < -0.3 is 14.3 Å². The number of imidazole rings is 1. The van der Waals surface area contributed by atoms with Crippen molar-refractivity contribution in [2.24, 2.45) is 5.92 Å². The van der Waals surface area contributed by atoms with Gasteiger partial charge in [-0.1, -0.05) is 0 Å². The van der Waals surface area contributed by atoms with Gasteiger partial charge in [0.2, 0.25) is 0 Å². The number of aromatic nitrogens is 3. The predicted molar refractivity (Wildman–Crippen MR) is 82.0 cm³/mol. The number of hydrogen-bond donors (Lipinski definition) is 2. The summed E-state index contributed by atoms with van der Waals surface area (Å²) in [5.41, 5.74) is -0.181. The third-order valence-corrected chi connectivity index (χ3v) is 4.18. The molecule has 2 amide bonds. The van der Waals surface area contributed by atoms with Gasteiger partial charge in [-0.05, 0) is 26.2 Å². The van der Waals surface area contributed by atoms with Crippen molar-refractivity contribution in [2.75, 3.05) is 11.9 Å². The molecule has 0 aromatic carbocycles. The lowest BCUT2D eigenvalue weighted by Crippen LogP contribution is -2.36. The number of halogens is 3. The van der Waals surface area contributed by atoms with Crippen LogP contribution in [0.25, 0.3) is 0 Å². The lowest BCUT2D eigenvalue weighted by Gasteiger charge is -2.23. The Labute approximate surface area is 141 Å². The number of amides is 2. The van der Waals surface area contributed by atoms with Crippen molar-refractivity contribution in [3.05, 3.63) is 29.2 Å². The monoisotopic (exact) mass is 357 g/mol. The van der Waals surface area contributed by atoms with Gasteiger partial charge in [0.1, 0.15) is 11.6 Å². The van der Waals surface area contributed by atoms with Gasteiger partial charge in [-0.2, -0.15) is 18.2 Å². The second kappa shape index (κ2) is 6.41. The number of nitrogens with one attached hydrogen (secondary N) is 2. The molecule has 3 heterocycles. The molecule has 1 aliphatic heterocycles. The Morgan fingerprint density at radius 3 is 2.80 bits per heavy atom. The van der Waals surface area contributed by atoms with Crippen LogP contribution in [0.1, 0.15) is 29.4 Å². The molecule has 1 unspecified atom stereocenters. The summed E-state index contributed by atoms with van der Waals surface area (Å²) in [7, 11) is 0. The van der Waals surface area contributed by atoms with Crippen LogP contribution >= 0.6 is 0 Å². The number of anilines is 1. The standard InChI is InChI=1S/C15H18F3N5O2/c1-8-9(2)25-14(20-8)22-13(24)19-5-10-3-4-12-21-11(15(16,17)18)7-23(12)6-10/h7,10H,3-6H2,1-2H3,(H2,19,20,22,24). The van der Waals surface area contributed by atoms with Crippen LogP contribution in [0.15, 0.2) is 10.6 Å². The van der Waals surface area contributed by atoms with Crippen molar-refractivity contribution >= 4 is 12.0 Å². The second-order valence-electron chi connectivity index (χ2n) is 6.09. The SMILES string of the molecule is Cc1nc(NC(=O)NCC2CCc3nc(C(F)(F)F)cn3C2)oc1C. The number of rotatable bonds is 3. The van der Waals surface area contributed by atoms with Gasteiger partial charge in [0, 0.05) is 25.7 Å². The van der Waals surface area contributed by atoms with E-state index in [-0.39, 0.29) is 11.9 Å². The highest BCUT2D eigenvalue weighted by atomic mass is 19.4. The molecule has 0 aliphatic carbocycles. The average molecular weight is 357 g/mol. The summed E-state index contributed by atoms with van der Waals surface area (Å²) in [6, 6.07) is -0.350. The molecular weight excluding hydrogens is 339 g/mol. The minimum absolute atomic E-state index is 0.0292. The topological polar surface area (TPSA) is 85.0 Å². The first kappa shape index (κ1) is 17.3. The number of aryl methyl sites for hydroxylation is 3. The van der Waals surface area contributed by atoms with Crippen molar-refractivity contribution in [1.82, 2.24) is 19.9 Å². The predicted octanol–water partition coefficient (Wildman–Crippen LogP) is 2.89. The zero-order valence-electron chi connectivity index (χ0n) is 13.8. The van der Waals surface area contributed by atoms with Crippen LogP contribution in [0.5, 0.6) is 0 Å². The Morgan fingerprint density at radius 1 is 1.40 bits per heavy atom. The van der Waals surface area contributed by atoms with Gasteiger partial charge in [-0.25, -0.2) is 9.78 Å². The minimum atomic E-state index is -4.44. The number of fused-ring (bicyclic) bond motifs is 1. The van der Waals surface area contributed by atoms with Crippen LogP contribution in [-0.4, -0.2) is 27.1 Å². The summed E-state index contributed by atoms with van der Waals surface area (Å²) in [6.45, 7) is 4.23. The molecule has 136 valence electrons. The summed E-state index contributed by atoms with van der Waals surface area (Å²) in [5.74, 6) is 1.08. The average Bonchev–Trinajstić information content (AvgIpc) is 3.08. The fraction of sp³-hybridized carbons (Fsp3) is 0.533. The first-order valence-electron chi connectivity index (χ1n) is 7.84. The molecule has 10 heteroatoms. The molecule has 2 aromatic rings. The Bertz CT molecular complexity index is 761. The zero-order valence-corrected chi connectivity index (χ0v) is 13.8. The van der Waals surface area contributed by atoms with Crippen LogP contribution < -0.4 is 10.6 Å². The first-order chi connectivity index (χ1) is 11.7. The number of urea groups is 1. The van der Waals surface area contributed by atoms with E-state index in [1.807, 2.05) is 0 Å². The van der Waals surface area contributed by atoms with E-state index < -0.39 is 17.9 Å². The fourth-order valence-corrected chi connectivity index (χ4v) is 2.72. The van der Waals surface area contributed by atoms with E-state index in [2.05, 4.69) is 20.6 Å². The van der Waals surface area contributed by atoms with Gasteiger partial charge >= 0.3 is 18.2 Å². The number of carbonyl (C=O) groups is 1. The highest BCUT2D eigenvalue weighted by molar-refractivity contribution is 5.86. The van der Waals surface area contributed by atoms with Gasteiger partial charge in [0.15, 0.2) is 5.69 Å². The van der Waals surface area contributed by atoms with E-state index in [0.717, 1.165) is 6.20 Å². The van der Waals surface area contributed by atoms with E-state index in [1.54, 1.807) is 13.8 Å². The van der Waals surface area contributed by atoms with Crippen molar-refractivity contribution in [2.45, 2.75) is 39.4 Å². The Hall–Kier alpha value is -2.52. The van der Waals surface area contributed by atoms with Gasteiger partial charge in [-0.15, -0.1) is 0 Å². The minimum Gasteiger partial charge on any atom is -0.428 e. The molecule has 0 saturated carbocycles. The molecule has 0 bridgehead atoms. The maximum atomic E-state index is 12.7. The molecule has 1 aliphatic rings. The van der Waals surface area contributed by atoms with E-state index in [0.29, 0.717) is 43.2 Å². The Morgan fingerprint density at radius 2 is 2.16 bits per heavy atom. The Balaban J connectivity index is 1.53. The number of hydrogen-bond acceptors (Lipinski definition) is 4. The fourth-order valence-electron chi connectivity index (χ4n) is 2.72. The molecule has 3 rings (SSSR count). The van der Waals surface area contributed by atoms with Gasteiger partial charge in [0.05, 0.1) is 5.69 Å². The molecule has 0 saturated heterocycles. The summed E-state index contributed by atoms with van der Waals surface area (Å²) in [6.07, 6.45) is -2.31. The highest BCUT2D eigenvalue weighted by Gasteiger charge is 2.35. The van der Waals surface area contributed by atoms with Crippen LogP contribution in [0, 0.1) is 19.8 Å². The highest BCUT2D eigenvalue weighted by Crippen LogP contribution is 2.30. The maximum Gasteiger partial charge on any atom is 0.434 e. The molecular formula is C15H18F3N5O2. The van der Waals surface area contributed by atoms with E-state index in [9.17, 15) is 18.0 Å². The van der Waals surface area contributed by atoms with Gasteiger partial charge in [0.25, 0.3) is 0 Å². The lowest BCUT2D eigenvalue weighted by molar-refractivity contribution is -0.141. The number of nitrogens with zero attached hydrogens (tertiary/aromatic N) is 3. The molecule has 0 radical (unpaired) electrons. The molecule has 25 heavy (non-hydrogen) atoms. The third-order valence-electron chi connectivity index (χ3n) is 4.18. The van der Waals surface area contributed by atoms with Crippen molar-refractivity contribution in [1.29, 1.82) is 0 Å². The zero-order chi connectivity index (χ0) is 18.2. The normalized spacial score (nSPS) is 17.2. The number of alkyl halides is 3. The maximum absolute atomic E-state index is 12.7. The van der Waals surface area contributed by atoms with Crippen LogP contribution in [0.4, 0.5) is 24.0 Å². The van der Waals surface area contributed by atoms with E-state index in [4.69, 9.17) is 4.42 Å². The largest absolute Gasteiger partial charge is 0.434 e. The summed E-state index contributed by atoms with van der Waals surface area (Å²) in [4.78, 5) is 19.5. The van der Waals surface area contributed by atoms with Crippen molar-refractivity contribution < 1.29 is 22.4 Å². The molecule has 7 nitrogen and oxygen atoms in total. The smallest absolute Gasteiger partial charge is 0.428 e. The van der Waals surface area contributed by atoms with Crippen LogP contribution in [0.2, 0.25) is 0 Å². The van der Waals surface area contributed by atoms with Crippen molar-refractivity contribution in [3.8, 4) is 0 Å². The molecule has 1 atom stereocenters. The first-order valence-corrected chi connectivity index (χ1v) is 7.84.